The normalized spacial score (nSPS) is 15.1. The zero-order chi connectivity index (χ0) is 26.5. The molecule has 0 radical (unpaired) electrons. The van der Waals surface area contributed by atoms with E-state index in [1.807, 2.05) is 6.07 Å². The largest absolute Gasteiger partial charge is 0.478 e. The number of aromatic nitrogens is 2. The van der Waals surface area contributed by atoms with Gasteiger partial charge in [0.15, 0.2) is 6.10 Å². The van der Waals surface area contributed by atoms with E-state index in [1.165, 1.54) is 36.0 Å². The smallest absolute Gasteiger partial charge is 0.347 e. The SMILES string of the molecule is CCOC(=O)[C@H](C)Oc1ccc([N+](=O)[O-])cc1C=Nn1c(C2CCCCC2)nc2ccc(Br)cc2c1=O. The van der Waals surface area contributed by atoms with Gasteiger partial charge in [-0.25, -0.2) is 9.78 Å². The molecule has 0 N–H and O–H groups in total. The van der Waals surface area contributed by atoms with Crippen molar-refractivity contribution in [1.29, 1.82) is 0 Å². The van der Waals surface area contributed by atoms with Gasteiger partial charge in [-0.1, -0.05) is 35.2 Å². The Morgan fingerprint density at radius 3 is 2.73 bits per heavy atom. The molecule has 1 saturated carbocycles. The molecule has 4 rings (SSSR count). The van der Waals surface area contributed by atoms with Gasteiger partial charge in [0.1, 0.15) is 11.6 Å². The Kier molecular flexibility index (Phi) is 8.32. The molecule has 1 aromatic heterocycles. The highest BCUT2D eigenvalue weighted by Gasteiger charge is 2.23. The van der Waals surface area contributed by atoms with Crippen LogP contribution in [0.5, 0.6) is 5.75 Å². The van der Waals surface area contributed by atoms with Gasteiger partial charge in [0.25, 0.3) is 11.2 Å². The maximum atomic E-state index is 13.6. The molecule has 11 heteroatoms. The Labute approximate surface area is 221 Å². The second-order valence-corrected chi connectivity index (χ2v) is 9.73. The van der Waals surface area contributed by atoms with Gasteiger partial charge in [-0.2, -0.15) is 9.78 Å². The topological polar surface area (TPSA) is 126 Å². The van der Waals surface area contributed by atoms with Crippen molar-refractivity contribution in [3.63, 3.8) is 0 Å². The monoisotopic (exact) mass is 570 g/mol. The van der Waals surface area contributed by atoms with Crippen LogP contribution in [0.4, 0.5) is 5.69 Å². The van der Waals surface area contributed by atoms with E-state index in [-0.39, 0.29) is 35.1 Å². The van der Waals surface area contributed by atoms with E-state index in [0.29, 0.717) is 16.7 Å². The standard InChI is InChI=1S/C26H27BrN4O6/c1-3-36-26(33)16(2)37-23-12-10-20(31(34)35)13-18(23)15-28-30-24(17-7-5-4-6-8-17)29-22-11-9-19(27)14-21(22)25(30)32/h9-17H,3-8H2,1-2H3/t16-/m0/s1. The fraction of sp³-hybridized carbons (Fsp3) is 0.385. The van der Waals surface area contributed by atoms with Crippen LogP contribution in [-0.4, -0.2) is 39.5 Å². The molecule has 0 spiro atoms. The lowest BCUT2D eigenvalue weighted by atomic mass is 9.88. The van der Waals surface area contributed by atoms with Gasteiger partial charge in [-0.15, -0.1) is 0 Å². The summed E-state index contributed by atoms with van der Waals surface area (Å²) < 4.78 is 12.8. The predicted molar refractivity (Wildman–Crippen MR) is 142 cm³/mol. The first-order valence-electron chi connectivity index (χ1n) is 12.2. The first-order chi connectivity index (χ1) is 17.8. The molecule has 1 atom stereocenters. The molecular weight excluding hydrogens is 544 g/mol. The average Bonchev–Trinajstić information content (AvgIpc) is 2.89. The van der Waals surface area contributed by atoms with Crippen molar-refractivity contribution < 1.29 is 19.2 Å². The molecule has 0 unspecified atom stereocenters. The van der Waals surface area contributed by atoms with Crippen LogP contribution in [0, 0.1) is 10.1 Å². The Morgan fingerprint density at radius 1 is 1.27 bits per heavy atom. The van der Waals surface area contributed by atoms with Gasteiger partial charge in [-0.3, -0.25) is 14.9 Å². The lowest BCUT2D eigenvalue weighted by Crippen LogP contribution is -2.26. The Hall–Kier alpha value is -3.60. The number of hydrogen-bond acceptors (Lipinski definition) is 8. The van der Waals surface area contributed by atoms with Crippen LogP contribution in [0.25, 0.3) is 10.9 Å². The molecule has 3 aromatic rings. The molecule has 1 aliphatic carbocycles. The summed E-state index contributed by atoms with van der Waals surface area (Å²) in [5.74, 6) is 0.252. The van der Waals surface area contributed by atoms with Gasteiger partial charge >= 0.3 is 5.97 Å². The molecule has 194 valence electrons. The van der Waals surface area contributed by atoms with E-state index in [9.17, 15) is 19.7 Å². The molecule has 37 heavy (non-hydrogen) atoms. The van der Waals surface area contributed by atoms with Crippen LogP contribution < -0.4 is 10.3 Å². The van der Waals surface area contributed by atoms with E-state index in [2.05, 4.69) is 21.0 Å². The number of nitro benzene ring substituents is 1. The first-order valence-corrected chi connectivity index (χ1v) is 13.0. The molecule has 0 saturated heterocycles. The van der Waals surface area contributed by atoms with E-state index in [1.54, 1.807) is 19.1 Å². The quantitative estimate of drug-likeness (QED) is 0.155. The number of nitro groups is 1. The molecular formula is C26H27BrN4O6. The van der Waals surface area contributed by atoms with Crippen LogP contribution in [0.2, 0.25) is 0 Å². The minimum atomic E-state index is -0.950. The van der Waals surface area contributed by atoms with E-state index < -0.39 is 17.0 Å². The Balaban J connectivity index is 1.81. The number of carbonyl (C=O) groups excluding carboxylic acids is 1. The lowest BCUT2D eigenvalue weighted by molar-refractivity contribution is -0.384. The maximum absolute atomic E-state index is 13.6. The molecule has 0 amide bonds. The molecule has 1 heterocycles. The van der Waals surface area contributed by atoms with Gasteiger partial charge in [0, 0.05) is 28.1 Å². The van der Waals surface area contributed by atoms with Gasteiger partial charge in [0.05, 0.1) is 28.6 Å². The number of esters is 1. The van der Waals surface area contributed by atoms with E-state index in [4.69, 9.17) is 14.5 Å². The zero-order valence-corrected chi connectivity index (χ0v) is 22.1. The maximum Gasteiger partial charge on any atom is 0.347 e. The van der Waals surface area contributed by atoms with Crippen molar-refractivity contribution in [2.75, 3.05) is 6.61 Å². The molecule has 0 aliphatic heterocycles. The summed E-state index contributed by atoms with van der Waals surface area (Å²) in [5.41, 5.74) is 0.304. The van der Waals surface area contributed by atoms with Crippen molar-refractivity contribution >= 4 is 44.7 Å². The third kappa shape index (κ3) is 6.04. The van der Waals surface area contributed by atoms with E-state index in [0.717, 1.165) is 36.6 Å². The van der Waals surface area contributed by atoms with Crippen LogP contribution in [-0.2, 0) is 9.53 Å². The van der Waals surface area contributed by atoms with Gasteiger partial charge in [0.2, 0.25) is 0 Å². The Bertz CT molecular complexity index is 1410. The second kappa shape index (κ2) is 11.6. The summed E-state index contributed by atoms with van der Waals surface area (Å²) in [4.78, 5) is 41.3. The molecule has 1 fully saturated rings. The highest BCUT2D eigenvalue weighted by molar-refractivity contribution is 9.10. The summed E-state index contributed by atoms with van der Waals surface area (Å²) in [6.07, 6.45) is 5.39. The average molecular weight is 571 g/mol. The van der Waals surface area contributed by atoms with Gasteiger partial charge < -0.3 is 9.47 Å². The van der Waals surface area contributed by atoms with Crippen molar-refractivity contribution in [1.82, 2.24) is 9.66 Å². The minimum Gasteiger partial charge on any atom is -0.478 e. The number of hydrogen-bond donors (Lipinski definition) is 0. The fourth-order valence-corrected chi connectivity index (χ4v) is 4.74. The summed E-state index contributed by atoms with van der Waals surface area (Å²) in [5, 5.41) is 16.3. The summed E-state index contributed by atoms with van der Waals surface area (Å²) in [6, 6.07) is 9.29. The Morgan fingerprint density at radius 2 is 2.03 bits per heavy atom. The number of nitrogens with zero attached hydrogens (tertiary/aromatic N) is 4. The third-order valence-electron chi connectivity index (χ3n) is 6.24. The van der Waals surface area contributed by atoms with Gasteiger partial charge in [-0.05, 0) is 51.0 Å². The summed E-state index contributed by atoms with van der Waals surface area (Å²) >= 11 is 3.41. The number of carbonyl (C=O) groups is 1. The second-order valence-electron chi connectivity index (χ2n) is 8.82. The summed E-state index contributed by atoms with van der Waals surface area (Å²) in [6.45, 7) is 3.41. The van der Waals surface area contributed by atoms with Crippen molar-refractivity contribution in [3.8, 4) is 5.75 Å². The first kappa shape index (κ1) is 26.5. The molecule has 1 aliphatic rings. The number of non-ortho nitro benzene ring substituents is 1. The number of fused-ring (bicyclic) bond motifs is 1. The van der Waals surface area contributed by atoms with Crippen LogP contribution >= 0.6 is 15.9 Å². The highest BCUT2D eigenvalue weighted by atomic mass is 79.9. The third-order valence-corrected chi connectivity index (χ3v) is 6.74. The number of rotatable bonds is 8. The molecule has 0 bridgehead atoms. The van der Waals surface area contributed by atoms with Crippen molar-refractivity contribution in [2.45, 2.75) is 58.0 Å². The summed E-state index contributed by atoms with van der Waals surface area (Å²) in [7, 11) is 0. The number of benzene rings is 2. The van der Waals surface area contributed by atoms with Crippen LogP contribution in [0.15, 0.2) is 50.8 Å². The van der Waals surface area contributed by atoms with Crippen LogP contribution in [0.1, 0.15) is 63.3 Å². The molecule has 2 aromatic carbocycles. The van der Waals surface area contributed by atoms with Crippen LogP contribution in [0.3, 0.4) is 0 Å². The predicted octanol–water partition coefficient (Wildman–Crippen LogP) is 5.33. The lowest BCUT2D eigenvalue weighted by Gasteiger charge is -2.22. The highest BCUT2D eigenvalue weighted by Crippen LogP contribution is 2.32. The molecule has 10 nitrogen and oxygen atoms in total. The number of ether oxygens (including phenoxy) is 2. The minimum absolute atomic E-state index is 0.0660. The van der Waals surface area contributed by atoms with Crippen molar-refractivity contribution in [3.05, 3.63) is 72.7 Å². The number of halogens is 1. The fourth-order valence-electron chi connectivity index (χ4n) is 4.38. The zero-order valence-electron chi connectivity index (χ0n) is 20.6. The van der Waals surface area contributed by atoms with Crippen molar-refractivity contribution in [2.24, 2.45) is 5.10 Å². The van der Waals surface area contributed by atoms with E-state index >= 15 is 0 Å².